The van der Waals surface area contributed by atoms with E-state index < -0.39 is 0 Å². The molecular weight excluding hydrogens is 284 g/mol. The van der Waals surface area contributed by atoms with Crippen LogP contribution in [0.25, 0.3) is 0 Å². The average Bonchev–Trinajstić information content (AvgIpc) is 2.02. The van der Waals surface area contributed by atoms with Gasteiger partial charge in [0.2, 0.25) is 0 Å². The van der Waals surface area contributed by atoms with Crippen molar-refractivity contribution in [3.8, 4) is 0 Å². The van der Waals surface area contributed by atoms with E-state index in [4.69, 9.17) is 0 Å². The van der Waals surface area contributed by atoms with Crippen LogP contribution < -0.4 is 3.61 Å². The van der Waals surface area contributed by atoms with Crippen LogP contribution in [0.2, 0.25) is 0 Å². The summed E-state index contributed by atoms with van der Waals surface area (Å²) in [6, 6.07) is 10.7. The molecule has 0 aliphatic heterocycles. The van der Waals surface area contributed by atoms with Crippen LogP contribution in [0.1, 0.15) is 27.2 Å². The summed E-state index contributed by atoms with van der Waals surface area (Å²) in [5, 5.41) is 0. The van der Waals surface area contributed by atoms with Crippen molar-refractivity contribution in [3.05, 3.63) is 40.5 Å². The molecule has 0 unspecified atom stereocenters. The van der Waals surface area contributed by atoms with Gasteiger partial charge in [0, 0.05) is 0 Å². The van der Waals surface area contributed by atoms with Gasteiger partial charge in [-0.15, -0.1) is 0 Å². The molecule has 1 aromatic rings. The van der Waals surface area contributed by atoms with E-state index in [0.717, 1.165) is 6.42 Å². The summed E-state index contributed by atoms with van der Waals surface area (Å²) in [6.45, 7) is 11.0. The third kappa shape index (κ3) is 4.84. The first-order chi connectivity index (χ1) is 6.47. The van der Waals surface area contributed by atoms with Gasteiger partial charge >= 0.3 is 97.7 Å². The molecular formula is C13H18Te. The molecule has 1 rings (SSSR count). The fraction of sp³-hybridized carbons (Fsp3) is 0.385. The maximum absolute atomic E-state index is 4.19. The van der Waals surface area contributed by atoms with Crippen LogP contribution in [0.15, 0.2) is 40.5 Å². The molecule has 0 heterocycles. The summed E-state index contributed by atoms with van der Waals surface area (Å²) < 4.78 is 2.95. The standard InChI is InChI=1S/C13H18Te/c1-11(10-13(2,3)4)14-12-8-6-5-7-9-12/h5-9H,1,10H2,2-4H3. The predicted molar refractivity (Wildman–Crippen MR) is 65.0 cm³/mol. The van der Waals surface area contributed by atoms with Gasteiger partial charge < -0.3 is 0 Å². The molecule has 0 spiro atoms. The molecule has 0 atom stereocenters. The zero-order valence-corrected chi connectivity index (χ0v) is 11.5. The van der Waals surface area contributed by atoms with Crippen LogP contribution in [0.3, 0.4) is 0 Å². The van der Waals surface area contributed by atoms with Crippen molar-refractivity contribution >= 4 is 24.5 Å². The molecule has 0 N–H and O–H groups in total. The van der Waals surface area contributed by atoms with Crippen LogP contribution in [0.5, 0.6) is 0 Å². The summed E-state index contributed by atoms with van der Waals surface area (Å²) in [7, 11) is 0. The number of allylic oxidation sites excluding steroid dienone is 1. The molecule has 0 radical (unpaired) electrons. The van der Waals surface area contributed by atoms with Crippen molar-refractivity contribution in [2.24, 2.45) is 5.41 Å². The second-order valence-electron chi connectivity index (χ2n) is 4.69. The van der Waals surface area contributed by atoms with E-state index in [9.17, 15) is 0 Å². The first kappa shape index (κ1) is 11.8. The van der Waals surface area contributed by atoms with Gasteiger partial charge in [-0.05, 0) is 0 Å². The summed E-state index contributed by atoms with van der Waals surface area (Å²) in [5.74, 6) is 0. The predicted octanol–water partition coefficient (Wildman–Crippen LogP) is 2.97. The molecule has 0 aromatic heterocycles. The van der Waals surface area contributed by atoms with Crippen LogP contribution in [0.4, 0.5) is 0 Å². The normalized spacial score (nSPS) is 11.4. The Morgan fingerprint density at radius 1 is 1.21 bits per heavy atom. The van der Waals surface area contributed by atoms with Gasteiger partial charge in [-0.25, -0.2) is 0 Å². The minimum absolute atomic E-state index is 0.180. The van der Waals surface area contributed by atoms with Crippen LogP contribution in [-0.4, -0.2) is 20.9 Å². The van der Waals surface area contributed by atoms with E-state index >= 15 is 0 Å². The first-order valence-corrected chi connectivity index (χ1v) is 7.21. The summed E-state index contributed by atoms with van der Waals surface area (Å²) in [4.78, 5) is 0. The Hall–Kier alpha value is -0.250. The minimum atomic E-state index is -0.180. The van der Waals surface area contributed by atoms with Gasteiger partial charge in [0.25, 0.3) is 0 Å². The van der Waals surface area contributed by atoms with Gasteiger partial charge in [-0.3, -0.25) is 0 Å². The van der Waals surface area contributed by atoms with E-state index in [1.54, 1.807) is 0 Å². The Labute approximate surface area is 97.5 Å². The van der Waals surface area contributed by atoms with Crippen molar-refractivity contribution in [2.75, 3.05) is 0 Å². The molecule has 0 nitrogen and oxygen atoms in total. The number of hydrogen-bond acceptors (Lipinski definition) is 0. The van der Waals surface area contributed by atoms with E-state index in [-0.39, 0.29) is 20.9 Å². The third-order valence-electron chi connectivity index (χ3n) is 1.73. The van der Waals surface area contributed by atoms with Crippen LogP contribution in [0, 0.1) is 5.41 Å². The molecule has 76 valence electrons. The fourth-order valence-corrected chi connectivity index (χ4v) is 4.51. The molecule has 0 saturated heterocycles. The second-order valence-corrected chi connectivity index (χ2v) is 8.27. The van der Waals surface area contributed by atoms with Gasteiger partial charge in [-0.1, -0.05) is 0 Å². The van der Waals surface area contributed by atoms with Gasteiger partial charge in [0.1, 0.15) is 0 Å². The Morgan fingerprint density at radius 2 is 1.79 bits per heavy atom. The summed E-state index contributed by atoms with van der Waals surface area (Å²) >= 11 is -0.180. The Bertz CT molecular complexity index is 293. The Balaban J connectivity index is 2.50. The van der Waals surface area contributed by atoms with Gasteiger partial charge in [0.15, 0.2) is 0 Å². The SMILES string of the molecule is C=C(CC(C)(C)C)[Te]c1ccccc1. The van der Waals surface area contributed by atoms with Crippen molar-refractivity contribution in [2.45, 2.75) is 27.2 Å². The average molecular weight is 302 g/mol. The number of hydrogen-bond donors (Lipinski definition) is 0. The van der Waals surface area contributed by atoms with Crippen molar-refractivity contribution in [3.63, 3.8) is 0 Å². The first-order valence-electron chi connectivity index (χ1n) is 4.88. The van der Waals surface area contributed by atoms with Gasteiger partial charge in [0.05, 0.1) is 0 Å². The van der Waals surface area contributed by atoms with Crippen molar-refractivity contribution in [1.29, 1.82) is 0 Å². The van der Waals surface area contributed by atoms with Crippen molar-refractivity contribution < 1.29 is 0 Å². The monoisotopic (exact) mass is 304 g/mol. The van der Waals surface area contributed by atoms with Crippen LogP contribution in [-0.2, 0) is 0 Å². The Kier molecular flexibility index (Phi) is 4.23. The fourth-order valence-electron chi connectivity index (χ4n) is 1.28. The number of benzene rings is 1. The molecule has 0 aliphatic carbocycles. The van der Waals surface area contributed by atoms with E-state index in [1.165, 1.54) is 7.23 Å². The molecule has 0 bridgehead atoms. The van der Waals surface area contributed by atoms with Crippen LogP contribution >= 0.6 is 0 Å². The zero-order valence-electron chi connectivity index (χ0n) is 9.21. The molecule has 0 saturated carbocycles. The molecule has 1 heteroatoms. The third-order valence-corrected chi connectivity index (χ3v) is 4.42. The molecule has 0 aliphatic rings. The van der Waals surface area contributed by atoms with E-state index in [2.05, 4.69) is 57.7 Å². The Morgan fingerprint density at radius 3 is 2.29 bits per heavy atom. The van der Waals surface area contributed by atoms with E-state index in [1.807, 2.05) is 0 Å². The van der Waals surface area contributed by atoms with Crippen molar-refractivity contribution in [1.82, 2.24) is 0 Å². The zero-order chi connectivity index (χ0) is 10.6. The molecule has 1 aromatic carbocycles. The summed E-state index contributed by atoms with van der Waals surface area (Å²) in [6.07, 6.45) is 1.16. The maximum atomic E-state index is 4.19. The molecule has 0 amide bonds. The summed E-state index contributed by atoms with van der Waals surface area (Å²) in [5.41, 5.74) is 0.386. The molecule has 0 fully saturated rings. The topological polar surface area (TPSA) is 0 Å². The molecule has 14 heavy (non-hydrogen) atoms. The second kappa shape index (κ2) is 5.01. The van der Waals surface area contributed by atoms with Gasteiger partial charge in [-0.2, -0.15) is 0 Å². The number of rotatable bonds is 3. The van der Waals surface area contributed by atoms with E-state index in [0.29, 0.717) is 5.41 Å². The quantitative estimate of drug-likeness (QED) is 0.753.